The molecule has 1 amide bonds. The van der Waals surface area contributed by atoms with Crippen LogP contribution in [0, 0.1) is 17.0 Å². The van der Waals surface area contributed by atoms with Crippen molar-refractivity contribution in [2.75, 3.05) is 5.32 Å². The molecule has 0 fully saturated rings. The van der Waals surface area contributed by atoms with Gasteiger partial charge in [0.1, 0.15) is 5.75 Å². The summed E-state index contributed by atoms with van der Waals surface area (Å²) < 4.78 is 5.06. The summed E-state index contributed by atoms with van der Waals surface area (Å²) in [6.07, 6.45) is -0.703. The van der Waals surface area contributed by atoms with E-state index in [4.69, 9.17) is 16.3 Å². The Bertz CT molecular complexity index is 703. The molecule has 0 aliphatic heterocycles. The first-order valence-electron chi connectivity index (χ1n) is 5.95. The highest BCUT2D eigenvalue weighted by molar-refractivity contribution is 6.30. The monoisotopic (exact) mass is 306 g/mol. The summed E-state index contributed by atoms with van der Waals surface area (Å²) in [7, 11) is 0. The summed E-state index contributed by atoms with van der Waals surface area (Å²) in [5.74, 6) is 0.220. The molecule has 2 rings (SSSR count). The molecule has 2 aromatic carbocycles. The van der Waals surface area contributed by atoms with Gasteiger partial charge in [-0.25, -0.2) is 4.79 Å². The molecule has 108 valence electrons. The van der Waals surface area contributed by atoms with E-state index in [1.54, 1.807) is 31.2 Å². The van der Waals surface area contributed by atoms with Gasteiger partial charge in [0, 0.05) is 22.3 Å². The van der Waals surface area contributed by atoms with Gasteiger partial charge >= 0.3 is 6.09 Å². The second-order valence-corrected chi connectivity index (χ2v) is 4.67. The van der Waals surface area contributed by atoms with Crippen LogP contribution in [0.15, 0.2) is 42.5 Å². The molecule has 0 aliphatic carbocycles. The predicted molar refractivity (Wildman–Crippen MR) is 78.9 cm³/mol. The van der Waals surface area contributed by atoms with Crippen molar-refractivity contribution in [1.82, 2.24) is 0 Å². The van der Waals surface area contributed by atoms with Crippen LogP contribution in [-0.2, 0) is 0 Å². The smallest absolute Gasteiger partial charge is 0.410 e. The van der Waals surface area contributed by atoms with E-state index >= 15 is 0 Å². The minimum atomic E-state index is -0.703. The molecule has 0 saturated carbocycles. The van der Waals surface area contributed by atoms with Crippen LogP contribution in [0.4, 0.5) is 16.2 Å². The number of aryl methyl sites for hydroxylation is 1. The van der Waals surface area contributed by atoms with Crippen LogP contribution in [0.1, 0.15) is 5.56 Å². The minimum absolute atomic E-state index is 0.0300. The Morgan fingerprint density at radius 3 is 2.67 bits per heavy atom. The SMILES string of the molecule is Cc1cc(OC(=O)Nc2cccc(Cl)c2)ccc1[N+](=O)[O-]. The van der Waals surface area contributed by atoms with Crippen molar-refractivity contribution in [3.8, 4) is 5.75 Å². The van der Waals surface area contributed by atoms with Gasteiger partial charge in [-0.05, 0) is 37.3 Å². The molecular weight excluding hydrogens is 296 g/mol. The van der Waals surface area contributed by atoms with Gasteiger partial charge in [-0.15, -0.1) is 0 Å². The van der Waals surface area contributed by atoms with Gasteiger partial charge in [0.25, 0.3) is 5.69 Å². The summed E-state index contributed by atoms with van der Waals surface area (Å²) >= 11 is 5.80. The number of ether oxygens (including phenoxy) is 1. The highest BCUT2D eigenvalue weighted by Crippen LogP contribution is 2.23. The molecule has 0 heterocycles. The van der Waals surface area contributed by atoms with E-state index in [0.29, 0.717) is 16.3 Å². The molecule has 0 radical (unpaired) electrons. The van der Waals surface area contributed by atoms with Gasteiger partial charge in [-0.1, -0.05) is 17.7 Å². The minimum Gasteiger partial charge on any atom is -0.410 e. The standard InChI is InChI=1S/C14H11ClN2O4/c1-9-7-12(5-6-13(9)17(19)20)21-14(18)16-11-4-2-3-10(15)8-11/h2-8H,1H3,(H,16,18). The average molecular weight is 307 g/mol. The fourth-order valence-corrected chi connectivity index (χ4v) is 1.90. The van der Waals surface area contributed by atoms with Crippen LogP contribution in [-0.4, -0.2) is 11.0 Å². The third-order valence-electron chi connectivity index (χ3n) is 2.65. The molecule has 21 heavy (non-hydrogen) atoms. The summed E-state index contributed by atoms with van der Waals surface area (Å²) in [6, 6.07) is 10.7. The zero-order valence-corrected chi connectivity index (χ0v) is 11.8. The number of carbonyl (C=O) groups is 1. The number of carbonyl (C=O) groups excluding carboxylic acids is 1. The summed E-state index contributed by atoms with van der Waals surface area (Å²) in [5, 5.41) is 13.7. The first kappa shape index (κ1) is 14.8. The molecule has 2 aromatic rings. The van der Waals surface area contributed by atoms with Crippen molar-refractivity contribution in [3.05, 3.63) is 63.2 Å². The normalized spacial score (nSPS) is 10.0. The third kappa shape index (κ3) is 3.93. The van der Waals surface area contributed by atoms with Gasteiger partial charge < -0.3 is 4.74 Å². The number of rotatable bonds is 3. The maximum Gasteiger partial charge on any atom is 0.417 e. The average Bonchev–Trinajstić information content (AvgIpc) is 2.38. The Labute approximate surface area is 125 Å². The molecular formula is C14H11ClN2O4. The summed E-state index contributed by atoms with van der Waals surface area (Å²) in [5.41, 5.74) is 0.872. The number of amides is 1. The Balaban J connectivity index is 2.06. The van der Waals surface area contributed by atoms with Gasteiger partial charge in [-0.3, -0.25) is 15.4 Å². The van der Waals surface area contributed by atoms with Gasteiger partial charge in [0.15, 0.2) is 0 Å². The molecule has 0 saturated heterocycles. The molecule has 1 N–H and O–H groups in total. The van der Waals surface area contributed by atoms with Crippen molar-refractivity contribution in [2.24, 2.45) is 0 Å². The third-order valence-corrected chi connectivity index (χ3v) is 2.88. The lowest BCUT2D eigenvalue weighted by Gasteiger charge is -2.07. The highest BCUT2D eigenvalue weighted by atomic mass is 35.5. The molecule has 0 spiro atoms. The number of nitro benzene ring substituents is 1. The van der Waals surface area contributed by atoms with Crippen LogP contribution < -0.4 is 10.1 Å². The number of hydrogen-bond acceptors (Lipinski definition) is 4. The van der Waals surface area contributed by atoms with E-state index in [9.17, 15) is 14.9 Å². The quantitative estimate of drug-likeness (QED) is 0.681. The van der Waals surface area contributed by atoms with Gasteiger partial charge in [0.05, 0.1) is 4.92 Å². The topological polar surface area (TPSA) is 81.5 Å². The Kier molecular flexibility index (Phi) is 4.39. The van der Waals surface area contributed by atoms with Crippen LogP contribution in [0.5, 0.6) is 5.75 Å². The number of anilines is 1. The van der Waals surface area contributed by atoms with E-state index in [1.165, 1.54) is 18.2 Å². The maximum absolute atomic E-state index is 11.7. The number of benzene rings is 2. The Hall–Kier alpha value is -2.60. The molecule has 0 unspecified atom stereocenters. The van der Waals surface area contributed by atoms with Crippen LogP contribution in [0.3, 0.4) is 0 Å². The van der Waals surface area contributed by atoms with E-state index in [-0.39, 0.29) is 11.4 Å². The molecule has 0 atom stereocenters. The molecule has 0 aromatic heterocycles. The first-order chi connectivity index (χ1) is 9.95. The number of halogens is 1. The van der Waals surface area contributed by atoms with Crippen LogP contribution >= 0.6 is 11.6 Å². The van der Waals surface area contributed by atoms with Crippen molar-refractivity contribution < 1.29 is 14.5 Å². The van der Waals surface area contributed by atoms with Crippen molar-refractivity contribution >= 4 is 29.1 Å². The van der Waals surface area contributed by atoms with Crippen molar-refractivity contribution in [3.63, 3.8) is 0 Å². The number of hydrogen-bond donors (Lipinski definition) is 1. The zero-order valence-electron chi connectivity index (χ0n) is 11.0. The zero-order chi connectivity index (χ0) is 15.4. The molecule has 7 heteroatoms. The summed E-state index contributed by atoms with van der Waals surface area (Å²) in [4.78, 5) is 21.9. The van der Waals surface area contributed by atoms with Crippen LogP contribution in [0.25, 0.3) is 0 Å². The van der Waals surface area contributed by atoms with Crippen molar-refractivity contribution in [1.29, 1.82) is 0 Å². The number of nitrogens with one attached hydrogen (secondary N) is 1. The second-order valence-electron chi connectivity index (χ2n) is 4.23. The largest absolute Gasteiger partial charge is 0.417 e. The second kappa shape index (κ2) is 6.23. The summed E-state index contributed by atoms with van der Waals surface area (Å²) in [6.45, 7) is 1.57. The Morgan fingerprint density at radius 2 is 2.05 bits per heavy atom. The fraction of sp³-hybridized carbons (Fsp3) is 0.0714. The van der Waals surface area contributed by atoms with Gasteiger partial charge in [0.2, 0.25) is 0 Å². The molecule has 0 aliphatic rings. The lowest BCUT2D eigenvalue weighted by molar-refractivity contribution is -0.385. The lowest BCUT2D eigenvalue weighted by atomic mass is 10.2. The van der Waals surface area contributed by atoms with E-state index in [0.717, 1.165) is 0 Å². The van der Waals surface area contributed by atoms with E-state index in [2.05, 4.69) is 5.32 Å². The highest BCUT2D eigenvalue weighted by Gasteiger charge is 2.12. The van der Waals surface area contributed by atoms with E-state index in [1.807, 2.05) is 0 Å². The first-order valence-corrected chi connectivity index (χ1v) is 6.33. The predicted octanol–water partition coefficient (Wildman–Crippen LogP) is 4.17. The number of nitro groups is 1. The molecule has 0 bridgehead atoms. The van der Waals surface area contributed by atoms with Gasteiger partial charge in [-0.2, -0.15) is 0 Å². The maximum atomic E-state index is 11.7. The van der Waals surface area contributed by atoms with Crippen molar-refractivity contribution in [2.45, 2.75) is 6.92 Å². The molecule has 6 nitrogen and oxygen atoms in total. The van der Waals surface area contributed by atoms with Crippen LogP contribution in [0.2, 0.25) is 5.02 Å². The Morgan fingerprint density at radius 1 is 1.29 bits per heavy atom. The number of nitrogens with zero attached hydrogens (tertiary/aromatic N) is 1. The lowest BCUT2D eigenvalue weighted by Crippen LogP contribution is -2.16. The fourth-order valence-electron chi connectivity index (χ4n) is 1.71. The van der Waals surface area contributed by atoms with E-state index < -0.39 is 11.0 Å².